The highest BCUT2D eigenvalue weighted by Gasteiger charge is 2.33. The highest BCUT2D eigenvalue weighted by Crippen LogP contribution is 2.42. The lowest BCUT2D eigenvalue weighted by atomic mass is 10.1. The number of carbonyl (C=O) groups is 2. The Morgan fingerprint density at radius 2 is 1.88 bits per heavy atom. The van der Waals surface area contributed by atoms with Crippen LogP contribution >= 0.6 is 23.4 Å². The summed E-state index contributed by atoms with van der Waals surface area (Å²) in [5, 5.41) is 13.9. The Morgan fingerprint density at radius 1 is 1.16 bits per heavy atom. The maximum atomic E-state index is 12.9. The van der Waals surface area contributed by atoms with Crippen LogP contribution in [0.3, 0.4) is 0 Å². The van der Waals surface area contributed by atoms with Crippen LogP contribution in [0.15, 0.2) is 59.8 Å². The predicted octanol–water partition coefficient (Wildman–Crippen LogP) is 4.13. The molecule has 1 aromatic heterocycles. The van der Waals surface area contributed by atoms with Crippen LogP contribution in [0.25, 0.3) is 0 Å². The minimum Gasteiger partial charge on any atom is -0.484 e. The van der Waals surface area contributed by atoms with Crippen LogP contribution in [0.4, 0.5) is 4.79 Å². The summed E-state index contributed by atoms with van der Waals surface area (Å²) in [5.41, 5.74) is 0.762. The van der Waals surface area contributed by atoms with Gasteiger partial charge in [-0.1, -0.05) is 65.8 Å². The first-order chi connectivity index (χ1) is 15.6. The Morgan fingerprint density at radius 3 is 2.56 bits per heavy atom. The topological polar surface area (TPSA) is 98.1 Å². The van der Waals surface area contributed by atoms with Crippen molar-refractivity contribution >= 4 is 35.3 Å². The van der Waals surface area contributed by atoms with Gasteiger partial charge >= 0.3 is 6.03 Å². The first-order valence-electron chi connectivity index (χ1n) is 10.1. The summed E-state index contributed by atoms with van der Waals surface area (Å²) in [6, 6.07) is 16.2. The lowest BCUT2D eigenvalue weighted by molar-refractivity contribution is -0.119. The van der Waals surface area contributed by atoms with Gasteiger partial charge in [0.2, 0.25) is 5.91 Å². The molecule has 0 unspecified atom stereocenters. The molecule has 0 bridgehead atoms. The van der Waals surface area contributed by atoms with Crippen LogP contribution in [0.2, 0.25) is 5.02 Å². The van der Waals surface area contributed by atoms with Crippen LogP contribution in [-0.2, 0) is 11.4 Å². The molecule has 8 nitrogen and oxygen atoms in total. The van der Waals surface area contributed by atoms with E-state index in [1.807, 2.05) is 47.0 Å². The normalized spacial score (nSPS) is 13.9. The van der Waals surface area contributed by atoms with Gasteiger partial charge < -0.3 is 10.1 Å². The number of rotatable bonds is 8. The average Bonchev–Trinajstić information content (AvgIpc) is 3.57. The molecule has 0 radical (unpaired) electrons. The van der Waals surface area contributed by atoms with Crippen LogP contribution in [0, 0.1) is 0 Å². The summed E-state index contributed by atoms with van der Waals surface area (Å²) in [4.78, 5) is 24.6. The molecule has 32 heavy (non-hydrogen) atoms. The number of hydrogen-bond acceptors (Lipinski definition) is 6. The Bertz CT molecular complexity index is 1100. The largest absolute Gasteiger partial charge is 0.484 e. The molecule has 1 aliphatic rings. The number of halogens is 1. The van der Waals surface area contributed by atoms with E-state index < -0.39 is 17.2 Å². The Balaban J connectivity index is 1.58. The lowest BCUT2D eigenvalue weighted by Gasteiger charge is -2.17. The zero-order chi connectivity index (χ0) is 22.5. The molecule has 1 aliphatic carbocycles. The van der Waals surface area contributed by atoms with Gasteiger partial charge in [0, 0.05) is 13.1 Å². The fourth-order valence-corrected chi connectivity index (χ4v) is 4.45. The molecule has 1 saturated carbocycles. The van der Waals surface area contributed by atoms with Crippen molar-refractivity contribution in [1.29, 1.82) is 0 Å². The molecule has 2 N–H and O–H groups in total. The van der Waals surface area contributed by atoms with E-state index in [1.165, 1.54) is 18.8 Å². The zero-order valence-corrected chi connectivity index (χ0v) is 18.9. The number of urea groups is 1. The maximum Gasteiger partial charge on any atom is 0.321 e. The second kappa shape index (κ2) is 10.1. The molecule has 166 valence electrons. The third-order valence-electron chi connectivity index (χ3n) is 4.87. The second-order valence-electron chi connectivity index (χ2n) is 7.20. The van der Waals surface area contributed by atoms with Crippen molar-refractivity contribution in [3.8, 4) is 5.75 Å². The number of benzene rings is 2. The summed E-state index contributed by atoms with van der Waals surface area (Å²) in [7, 11) is 1.46. The van der Waals surface area contributed by atoms with E-state index in [2.05, 4.69) is 20.8 Å². The molecule has 1 atom stereocenters. The third-order valence-corrected chi connectivity index (χ3v) is 6.39. The van der Waals surface area contributed by atoms with Crippen molar-refractivity contribution in [2.24, 2.45) is 0 Å². The Hall–Kier alpha value is -3.04. The number of ether oxygens (including phenoxy) is 1. The second-order valence-corrected chi connectivity index (χ2v) is 8.68. The van der Waals surface area contributed by atoms with Gasteiger partial charge in [-0.2, -0.15) is 0 Å². The SMILES string of the molecule is CNC(=O)NC(=O)[C@H](Sc1nnc(COc2ccccc2Cl)n1C1CC1)c1ccccc1. The van der Waals surface area contributed by atoms with Crippen molar-refractivity contribution in [2.45, 2.75) is 35.9 Å². The van der Waals surface area contributed by atoms with Gasteiger partial charge in [0.15, 0.2) is 11.0 Å². The first kappa shape index (κ1) is 22.2. The summed E-state index contributed by atoms with van der Waals surface area (Å²) < 4.78 is 7.88. The maximum absolute atomic E-state index is 12.9. The average molecular weight is 472 g/mol. The standard InChI is InChI=1S/C22H22ClN5O3S/c1-24-21(30)25-20(29)19(14-7-3-2-4-8-14)32-22-27-26-18(28(22)15-11-12-15)13-31-17-10-6-5-9-16(17)23/h2-10,15,19H,11-13H2,1H3,(H2,24,25,29,30)/t19-/m1/s1. The molecule has 1 heterocycles. The number of carbonyl (C=O) groups excluding carboxylic acids is 2. The van der Waals surface area contributed by atoms with Gasteiger partial charge in [0.05, 0.1) is 5.02 Å². The molecular formula is C22H22ClN5O3S. The monoisotopic (exact) mass is 471 g/mol. The van der Waals surface area contributed by atoms with Crippen molar-refractivity contribution in [3.63, 3.8) is 0 Å². The number of thioether (sulfide) groups is 1. The number of nitrogens with one attached hydrogen (secondary N) is 2. The quantitative estimate of drug-likeness (QED) is 0.479. The van der Waals surface area contributed by atoms with Gasteiger partial charge in [-0.25, -0.2) is 4.79 Å². The number of aromatic nitrogens is 3. The van der Waals surface area contributed by atoms with Crippen molar-refractivity contribution in [2.75, 3.05) is 7.05 Å². The van der Waals surface area contributed by atoms with Gasteiger partial charge in [-0.15, -0.1) is 10.2 Å². The number of amides is 3. The van der Waals surface area contributed by atoms with E-state index in [0.717, 1.165) is 18.4 Å². The molecule has 4 rings (SSSR count). The number of hydrogen-bond donors (Lipinski definition) is 2. The van der Waals surface area contributed by atoms with E-state index >= 15 is 0 Å². The number of imide groups is 1. The lowest BCUT2D eigenvalue weighted by Crippen LogP contribution is -2.39. The van der Waals surface area contributed by atoms with Crippen molar-refractivity contribution < 1.29 is 14.3 Å². The number of para-hydroxylation sites is 1. The fraction of sp³-hybridized carbons (Fsp3) is 0.273. The highest BCUT2D eigenvalue weighted by molar-refractivity contribution is 8.00. The molecule has 0 saturated heterocycles. The Kier molecular flexibility index (Phi) is 6.96. The van der Waals surface area contributed by atoms with Gasteiger partial charge in [0.25, 0.3) is 0 Å². The first-order valence-corrected chi connectivity index (χ1v) is 11.4. The van der Waals surface area contributed by atoms with E-state index in [9.17, 15) is 9.59 Å². The van der Waals surface area contributed by atoms with Crippen LogP contribution in [0.5, 0.6) is 5.75 Å². The zero-order valence-electron chi connectivity index (χ0n) is 17.3. The van der Waals surface area contributed by atoms with Crippen molar-refractivity contribution in [3.05, 3.63) is 71.0 Å². The Labute approximate surface area is 194 Å². The molecule has 10 heteroatoms. The van der Waals surface area contributed by atoms with E-state index in [4.69, 9.17) is 16.3 Å². The van der Waals surface area contributed by atoms with Crippen LogP contribution in [0.1, 0.15) is 35.5 Å². The summed E-state index contributed by atoms with van der Waals surface area (Å²) >= 11 is 7.44. The van der Waals surface area contributed by atoms with E-state index in [-0.39, 0.29) is 12.6 Å². The van der Waals surface area contributed by atoms with Crippen LogP contribution in [-0.4, -0.2) is 33.8 Å². The highest BCUT2D eigenvalue weighted by atomic mass is 35.5. The summed E-state index contributed by atoms with van der Waals surface area (Å²) in [6.07, 6.45) is 2.01. The van der Waals surface area contributed by atoms with Gasteiger partial charge in [0.1, 0.15) is 17.6 Å². The van der Waals surface area contributed by atoms with E-state index in [1.54, 1.807) is 12.1 Å². The molecule has 0 spiro atoms. The molecule has 1 fully saturated rings. The minimum atomic E-state index is -0.674. The molecule has 2 aromatic carbocycles. The molecule has 0 aliphatic heterocycles. The molecule has 3 aromatic rings. The molecule has 3 amide bonds. The van der Waals surface area contributed by atoms with E-state index in [0.29, 0.717) is 21.8 Å². The fourth-order valence-electron chi connectivity index (χ4n) is 3.14. The van der Waals surface area contributed by atoms with Crippen molar-refractivity contribution in [1.82, 2.24) is 25.4 Å². The summed E-state index contributed by atoms with van der Waals surface area (Å²) in [5.74, 6) is 0.800. The minimum absolute atomic E-state index is 0.203. The smallest absolute Gasteiger partial charge is 0.321 e. The van der Waals surface area contributed by atoms with Gasteiger partial charge in [-0.3, -0.25) is 14.7 Å². The predicted molar refractivity (Wildman–Crippen MR) is 122 cm³/mol. The third kappa shape index (κ3) is 5.23. The summed E-state index contributed by atoms with van der Waals surface area (Å²) in [6.45, 7) is 0.203. The number of nitrogens with zero attached hydrogens (tertiary/aromatic N) is 3. The van der Waals surface area contributed by atoms with Crippen LogP contribution < -0.4 is 15.4 Å². The molecular weight excluding hydrogens is 450 g/mol. The van der Waals surface area contributed by atoms with Gasteiger partial charge in [-0.05, 0) is 30.5 Å².